The van der Waals surface area contributed by atoms with Gasteiger partial charge in [-0.3, -0.25) is 4.90 Å². The Balaban J connectivity index is 3.03. The minimum Gasteiger partial charge on any atom is -0.467 e. The average molecular weight is 232 g/mol. The van der Waals surface area contributed by atoms with E-state index in [9.17, 15) is 4.79 Å². The van der Waals surface area contributed by atoms with Crippen LogP contribution in [0, 0.1) is 0 Å². The molecule has 0 fully saturated rings. The smallest absolute Gasteiger partial charge is 0.323 e. The Morgan fingerprint density at radius 2 is 2.13 bits per heavy atom. The number of carbonyl (C=O) groups is 1. The molecule has 2 amide bonds. The molecule has 0 bridgehead atoms. The molecule has 1 aromatic rings. The molecule has 1 aromatic heterocycles. The van der Waals surface area contributed by atoms with Crippen molar-refractivity contribution in [1.29, 1.82) is 0 Å². The number of anilines is 1. The highest BCUT2D eigenvalue weighted by Crippen LogP contribution is 2.13. The van der Waals surface area contributed by atoms with Gasteiger partial charge in [-0.15, -0.1) is 0 Å². The number of rotatable bonds is 2. The highest BCUT2D eigenvalue weighted by molar-refractivity contribution is 6.28. The zero-order chi connectivity index (χ0) is 11.4. The van der Waals surface area contributed by atoms with Crippen LogP contribution in [0.15, 0.2) is 0 Å². The maximum Gasteiger partial charge on any atom is 0.323 e. The third kappa shape index (κ3) is 2.66. The number of urea groups is 1. The molecular formula is C7H10ClN5O2. The first-order valence-electron chi connectivity index (χ1n) is 3.99. The molecule has 0 saturated carbocycles. The molecule has 15 heavy (non-hydrogen) atoms. The van der Waals surface area contributed by atoms with E-state index in [1.807, 2.05) is 0 Å². The summed E-state index contributed by atoms with van der Waals surface area (Å²) < 4.78 is 4.79. The summed E-state index contributed by atoms with van der Waals surface area (Å²) in [5.41, 5.74) is 0. The predicted octanol–water partition coefficient (Wildman–Crippen LogP) is 0.309. The molecule has 0 aliphatic carbocycles. The van der Waals surface area contributed by atoms with Gasteiger partial charge in [-0.2, -0.15) is 15.0 Å². The Bertz CT molecular complexity index is 372. The molecule has 0 atom stereocenters. The molecule has 0 aromatic carbocycles. The number of ether oxygens (including phenoxy) is 1. The molecule has 1 heterocycles. The van der Waals surface area contributed by atoms with Gasteiger partial charge >= 0.3 is 12.0 Å². The molecule has 8 heteroatoms. The number of aromatic nitrogens is 3. The molecule has 82 valence electrons. The molecule has 0 aliphatic rings. The predicted molar refractivity (Wildman–Crippen MR) is 54.2 cm³/mol. The van der Waals surface area contributed by atoms with Crippen LogP contribution in [0.4, 0.5) is 10.7 Å². The topological polar surface area (TPSA) is 80.2 Å². The zero-order valence-electron chi connectivity index (χ0n) is 8.48. The van der Waals surface area contributed by atoms with Crippen molar-refractivity contribution in [3.8, 4) is 6.01 Å². The van der Waals surface area contributed by atoms with Crippen LogP contribution >= 0.6 is 11.6 Å². The maximum atomic E-state index is 11.3. The molecule has 0 spiro atoms. The van der Waals surface area contributed by atoms with Crippen molar-refractivity contribution in [1.82, 2.24) is 20.3 Å². The van der Waals surface area contributed by atoms with Crippen LogP contribution in [-0.4, -0.2) is 42.2 Å². The number of hydrogen-bond donors (Lipinski definition) is 1. The van der Waals surface area contributed by atoms with Gasteiger partial charge in [-0.1, -0.05) is 0 Å². The Morgan fingerprint density at radius 1 is 1.47 bits per heavy atom. The summed E-state index contributed by atoms with van der Waals surface area (Å²) in [6.45, 7) is 0. The van der Waals surface area contributed by atoms with E-state index < -0.39 is 0 Å². The largest absolute Gasteiger partial charge is 0.467 e. The first kappa shape index (κ1) is 11.4. The van der Waals surface area contributed by atoms with Crippen molar-refractivity contribution in [2.45, 2.75) is 0 Å². The van der Waals surface area contributed by atoms with Crippen molar-refractivity contribution >= 4 is 23.6 Å². The SMILES string of the molecule is CNC(=O)N(C)c1nc(Cl)nc(OC)n1. The Morgan fingerprint density at radius 3 is 2.67 bits per heavy atom. The van der Waals surface area contributed by atoms with Gasteiger partial charge in [-0.25, -0.2) is 4.79 Å². The third-order valence-electron chi connectivity index (χ3n) is 1.58. The second kappa shape index (κ2) is 4.74. The fourth-order valence-corrected chi connectivity index (χ4v) is 0.970. The highest BCUT2D eigenvalue weighted by Gasteiger charge is 2.14. The average Bonchev–Trinajstić information content (AvgIpc) is 2.26. The number of nitrogens with zero attached hydrogens (tertiary/aromatic N) is 4. The van der Waals surface area contributed by atoms with Crippen LogP contribution in [-0.2, 0) is 0 Å². The quantitative estimate of drug-likeness (QED) is 0.792. The molecule has 0 aliphatic heterocycles. The van der Waals surface area contributed by atoms with Crippen LogP contribution in [0.5, 0.6) is 6.01 Å². The number of hydrogen-bond acceptors (Lipinski definition) is 5. The van der Waals surface area contributed by atoms with E-state index in [4.69, 9.17) is 16.3 Å². The van der Waals surface area contributed by atoms with Crippen LogP contribution in [0.1, 0.15) is 0 Å². The lowest BCUT2D eigenvalue weighted by Crippen LogP contribution is -2.36. The zero-order valence-corrected chi connectivity index (χ0v) is 9.24. The van der Waals surface area contributed by atoms with Crippen LogP contribution < -0.4 is 15.0 Å². The van der Waals surface area contributed by atoms with E-state index in [0.29, 0.717) is 0 Å². The van der Waals surface area contributed by atoms with Crippen molar-refractivity contribution < 1.29 is 9.53 Å². The van der Waals surface area contributed by atoms with Gasteiger partial charge in [0.2, 0.25) is 11.2 Å². The Hall–Kier alpha value is -1.63. The number of amides is 2. The third-order valence-corrected chi connectivity index (χ3v) is 1.75. The highest BCUT2D eigenvalue weighted by atomic mass is 35.5. The van der Waals surface area contributed by atoms with Gasteiger partial charge < -0.3 is 10.1 Å². The molecule has 0 radical (unpaired) electrons. The summed E-state index contributed by atoms with van der Waals surface area (Å²) in [5, 5.41) is 2.39. The summed E-state index contributed by atoms with van der Waals surface area (Å²) in [7, 11) is 4.40. The Kier molecular flexibility index (Phi) is 3.62. The van der Waals surface area contributed by atoms with Gasteiger partial charge in [-0.05, 0) is 11.6 Å². The number of nitrogens with one attached hydrogen (secondary N) is 1. The lowest BCUT2D eigenvalue weighted by atomic mass is 10.7. The van der Waals surface area contributed by atoms with Crippen LogP contribution in [0.2, 0.25) is 5.28 Å². The summed E-state index contributed by atoms with van der Waals surface area (Å²) in [4.78, 5) is 23.8. The fourth-order valence-electron chi connectivity index (χ4n) is 0.822. The van der Waals surface area contributed by atoms with E-state index in [2.05, 4.69) is 20.3 Å². The van der Waals surface area contributed by atoms with Gasteiger partial charge in [0, 0.05) is 14.1 Å². The summed E-state index contributed by atoms with van der Waals surface area (Å²) in [6.07, 6.45) is 0. The van der Waals surface area contributed by atoms with Gasteiger partial charge in [0.1, 0.15) is 0 Å². The fraction of sp³-hybridized carbons (Fsp3) is 0.429. The van der Waals surface area contributed by atoms with Crippen LogP contribution in [0.3, 0.4) is 0 Å². The van der Waals surface area contributed by atoms with Gasteiger partial charge in [0.05, 0.1) is 7.11 Å². The van der Waals surface area contributed by atoms with E-state index in [1.165, 1.54) is 26.1 Å². The summed E-state index contributed by atoms with van der Waals surface area (Å²) in [5.74, 6) is 0.117. The maximum absolute atomic E-state index is 11.3. The van der Waals surface area contributed by atoms with Crippen molar-refractivity contribution in [2.75, 3.05) is 26.1 Å². The van der Waals surface area contributed by atoms with E-state index in [1.54, 1.807) is 0 Å². The first-order valence-corrected chi connectivity index (χ1v) is 4.37. The normalized spacial score (nSPS) is 9.60. The minimum atomic E-state index is -0.362. The van der Waals surface area contributed by atoms with E-state index in [-0.39, 0.29) is 23.3 Å². The second-order valence-electron chi connectivity index (χ2n) is 2.51. The van der Waals surface area contributed by atoms with E-state index >= 15 is 0 Å². The van der Waals surface area contributed by atoms with Gasteiger partial charge in [0.25, 0.3) is 0 Å². The number of halogens is 1. The number of methoxy groups -OCH3 is 1. The molecule has 0 unspecified atom stereocenters. The molecule has 0 saturated heterocycles. The van der Waals surface area contributed by atoms with Crippen molar-refractivity contribution in [2.24, 2.45) is 0 Å². The van der Waals surface area contributed by atoms with Crippen molar-refractivity contribution in [3.63, 3.8) is 0 Å². The minimum absolute atomic E-state index is 0.0346. The first-order chi connectivity index (χ1) is 7.08. The van der Waals surface area contributed by atoms with E-state index in [0.717, 1.165) is 0 Å². The number of carbonyl (C=O) groups excluding carboxylic acids is 1. The molecule has 7 nitrogen and oxygen atoms in total. The standard InChI is InChI=1S/C7H10ClN5O2/c1-9-7(14)13(2)5-10-4(8)11-6(12-5)15-3/h1-3H3,(H,9,14). The van der Waals surface area contributed by atoms with Crippen LogP contribution in [0.25, 0.3) is 0 Å². The van der Waals surface area contributed by atoms with Crippen molar-refractivity contribution in [3.05, 3.63) is 5.28 Å². The van der Waals surface area contributed by atoms with Gasteiger partial charge in [0.15, 0.2) is 0 Å². The lowest BCUT2D eigenvalue weighted by Gasteiger charge is -2.14. The molecule has 1 N–H and O–H groups in total. The lowest BCUT2D eigenvalue weighted by molar-refractivity contribution is 0.249. The summed E-state index contributed by atoms with van der Waals surface area (Å²) in [6, 6.07) is -0.305. The molecular weight excluding hydrogens is 222 g/mol. The molecule has 1 rings (SSSR count). The Labute approximate surface area is 91.4 Å². The second-order valence-corrected chi connectivity index (χ2v) is 2.84. The monoisotopic (exact) mass is 231 g/mol. The summed E-state index contributed by atoms with van der Waals surface area (Å²) >= 11 is 5.62.